The van der Waals surface area contributed by atoms with Crippen LogP contribution >= 0.6 is 0 Å². The summed E-state index contributed by atoms with van der Waals surface area (Å²) in [6.45, 7) is 2.87. The van der Waals surface area contributed by atoms with Crippen LogP contribution in [-0.2, 0) is 16.0 Å². The Labute approximate surface area is 146 Å². The van der Waals surface area contributed by atoms with E-state index in [1.165, 1.54) is 12.1 Å². The molecule has 0 aromatic heterocycles. The number of carbonyl (C=O) groups is 2. The van der Waals surface area contributed by atoms with E-state index in [1.54, 1.807) is 17.0 Å². The number of nitrogens with one attached hydrogen (secondary N) is 1. The average Bonchev–Trinajstić information content (AvgIpc) is 2.99. The second kappa shape index (κ2) is 7.47. The molecule has 1 saturated heterocycles. The number of aryl methyl sites for hydroxylation is 1. The Hall–Kier alpha value is -2.69. The maximum absolute atomic E-state index is 12.9. The fourth-order valence-corrected chi connectivity index (χ4v) is 2.98. The van der Waals surface area contributed by atoms with Crippen LogP contribution in [-0.4, -0.2) is 24.9 Å². The van der Waals surface area contributed by atoms with E-state index >= 15 is 0 Å². The van der Waals surface area contributed by atoms with E-state index in [2.05, 4.69) is 5.32 Å². The molecule has 4 nitrogen and oxygen atoms in total. The molecule has 0 radical (unpaired) electrons. The molecule has 1 aliphatic rings. The van der Waals surface area contributed by atoms with Crippen molar-refractivity contribution in [2.24, 2.45) is 5.92 Å². The summed E-state index contributed by atoms with van der Waals surface area (Å²) in [6.07, 6.45) is 0.866. The maximum Gasteiger partial charge on any atom is 0.227 e. The zero-order valence-corrected chi connectivity index (χ0v) is 14.2. The van der Waals surface area contributed by atoms with E-state index in [0.717, 1.165) is 16.8 Å². The van der Waals surface area contributed by atoms with Crippen molar-refractivity contribution in [3.8, 4) is 0 Å². The fourth-order valence-electron chi connectivity index (χ4n) is 2.98. The van der Waals surface area contributed by atoms with Crippen molar-refractivity contribution < 1.29 is 14.0 Å². The topological polar surface area (TPSA) is 49.4 Å². The molecule has 0 aliphatic carbocycles. The molecule has 2 aromatic carbocycles. The maximum atomic E-state index is 12.9. The minimum atomic E-state index is -0.331. The molecule has 1 N–H and O–H groups in total. The van der Waals surface area contributed by atoms with Crippen molar-refractivity contribution >= 4 is 17.5 Å². The van der Waals surface area contributed by atoms with Gasteiger partial charge in [-0.25, -0.2) is 4.39 Å². The summed E-state index contributed by atoms with van der Waals surface area (Å²) in [5, 5.41) is 2.88. The highest BCUT2D eigenvalue weighted by molar-refractivity contribution is 6.00. The molecular formula is C20H21FN2O2. The number of nitrogens with zero attached hydrogens (tertiary/aromatic N) is 1. The van der Waals surface area contributed by atoms with Crippen molar-refractivity contribution in [2.45, 2.75) is 19.8 Å². The molecule has 1 aliphatic heterocycles. The van der Waals surface area contributed by atoms with Crippen LogP contribution in [0.2, 0.25) is 0 Å². The van der Waals surface area contributed by atoms with Crippen LogP contribution in [0.4, 0.5) is 10.1 Å². The fraction of sp³-hybridized carbons (Fsp3) is 0.300. The number of amides is 2. The van der Waals surface area contributed by atoms with Gasteiger partial charge in [-0.1, -0.05) is 29.8 Å². The van der Waals surface area contributed by atoms with Crippen molar-refractivity contribution in [2.75, 3.05) is 18.0 Å². The van der Waals surface area contributed by atoms with Crippen molar-refractivity contribution in [3.63, 3.8) is 0 Å². The summed E-state index contributed by atoms with van der Waals surface area (Å²) in [7, 11) is 0. The van der Waals surface area contributed by atoms with Crippen LogP contribution < -0.4 is 10.2 Å². The highest BCUT2D eigenvalue weighted by Gasteiger charge is 2.34. The number of rotatable bonds is 5. The van der Waals surface area contributed by atoms with Gasteiger partial charge in [-0.05, 0) is 43.2 Å². The number of hydrogen-bond acceptors (Lipinski definition) is 2. The van der Waals surface area contributed by atoms with Crippen molar-refractivity contribution in [1.82, 2.24) is 5.32 Å². The normalized spacial score (nSPS) is 17.0. The lowest BCUT2D eigenvalue weighted by atomic mass is 10.1. The molecule has 130 valence electrons. The summed E-state index contributed by atoms with van der Waals surface area (Å²) in [4.78, 5) is 26.2. The van der Waals surface area contributed by atoms with Gasteiger partial charge in [0.05, 0.1) is 5.92 Å². The standard InChI is InChI=1S/C20H21FN2O2/c1-14-2-8-18(9-3-14)23-13-16(12-19(23)24)20(25)22-11-10-15-4-6-17(21)7-5-15/h2-9,16H,10-13H2,1H3,(H,22,25)/t16-/m0/s1. The molecule has 1 atom stereocenters. The second-order valence-electron chi connectivity index (χ2n) is 6.41. The zero-order valence-electron chi connectivity index (χ0n) is 14.2. The largest absolute Gasteiger partial charge is 0.355 e. The van der Waals surface area contributed by atoms with Crippen LogP contribution in [0.5, 0.6) is 0 Å². The molecule has 5 heteroatoms. The Morgan fingerprint density at radius 1 is 1.16 bits per heavy atom. The number of hydrogen-bond donors (Lipinski definition) is 1. The molecule has 25 heavy (non-hydrogen) atoms. The lowest BCUT2D eigenvalue weighted by Gasteiger charge is -2.17. The predicted molar refractivity (Wildman–Crippen MR) is 94.8 cm³/mol. The lowest BCUT2D eigenvalue weighted by Crippen LogP contribution is -2.34. The molecule has 2 amide bonds. The minimum absolute atomic E-state index is 0.0254. The molecule has 3 rings (SSSR count). The molecule has 0 bridgehead atoms. The Balaban J connectivity index is 1.52. The predicted octanol–water partition coefficient (Wildman–Crippen LogP) is 2.85. The zero-order chi connectivity index (χ0) is 17.8. The third kappa shape index (κ3) is 4.24. The summed E-state index contributed by atoms with van der Waals surface area (Å²) in [5.41, 5.74) is 2.92. The number of benzene rings is 2. The van der Waals surface area contributed by atoms with E-state index in [9.17, 15) is 14.0 Å². The first-order valence-corrected chi connectivity index (χ1v) is 8.42. The quantitative estimate of drug-likeness (QED) is 0.910. The van der Waals surface area contributed by atoms with Gasteiger partial charge < -0.3 is 10.2 Å². The molecule has 2 aromatic rings. The average molecular weight is 340 g/mol. The summed E-state index contributed by atoms with van der Waals surface area (Å²) < 4.78 is 12.9. The van der Waals surface area contributed by atoms with Crippen LogP contribution in [0.15, 0.2) is 48.5 Å². The third-order valence-corrected chi connectivity index (χ3v) is 4.47. The monoisotopic (exact) mass is 340 g/mol. The number of carbonyl (C=O) groups excluding carboxylic acids is 2. The van der Waals surface area contributed by atoms with E-state index in [4.69, 9.17) is 0 Å². The van der Waals surface area contributed by atoms with E-state index in [1.807, 2.05) is 31.2 Å². The minimum Gasteiger partial charge on any atom is -0.355 e. The highest BCUT2D eigenvalue weighted by Crippen LogP contribution is 2.25. The summed E-state index contributed by atoms with van der Waals surface area (Å²) >= 11 is 0. The van der Waals surface area contributed by atoms with Crippen molar-refractivity contribution in [3.05, 3.63) is 65.5 Å². The molecular weight excluding hydrogens is 319 g/mol. The van der Waals surface area contributed by atoms with Crippen molar-refractivity contribution in [1.29, 1.82) is 0 Å². The Morgan fingerprint density at radius 3 is 2.52 bits per heavy atom. The van der Waals surface area contributed by atoms with Gasteiger partial charge in [-0.3, -0.25) is 9.59 Å². The smallest absolute Gasteiger partial charge is 0.227 e. The lowest BCUT2D eigenvalue weighted by molar-refractivity contribution is -0.126. The summed E-state index contributed by atoms with van der Waals surface area (Å²) in [5.74, 6) is -0.733. The second-order valence-corrected chi connectivity index (χ2v) is 6.41. The SMILES string of the molecule is Cc1ccc(N2C[C@@H](C(=O)NCCc3ccc(F)cc3)CC2=O)cc1. The van der Waals surface area contributed by atoms with Gasteiger partial charge in [0.2, 0.25) is 11.8 Å². The highest BCUT2D eigenvalue weighted by atomic mass is 19.1. The Bertz CT molecular complexity index is 756. The first-order chi connectivity index (χ1) is 12.0. The first-order valence-electron chi connectivity index (χ1n) is 8.42. The van der Waals surface area contributed by atoms with Gasteiger partial charge in [0.1, 0.15) is 5.82 Å². The van der Waals surface area contributed by atoms with E-state index in [0.29, 0.717) is 19.5 Å². The number of anilines is 1. The van der Waals surface area contributed by atoms with Crippen LogP contribution in [0.1, 0.15) is 17.5 Å². The third-order valence-electron chi connectivity index (χ3n) is 4.47. The van der Waals surface area contributed by atoms with Gasteiger partial charge >= 0.3 is 0 Å². The van der Waals surface area contributed by atoms with Gasteiger partial charge in [0.25, 0.3) is 0 Å². The van der Waals surface area contributed by atoms with Crippen LogP contribution in [0.3, 0.4) is 0 Å². The number of halogens is 1. The van der Waals surface area contributed by atoms with Gasteiger partial charge in [-0.15, -0.1) is 0 Å². The van der Waals surface area contributed by atoms with Gasteiger partial charge in [0, 0.05) is 25.2 Å². The summed E-state index contributed by atoms with van der Waals surface area (Å²) in [6, 6.07) is 14.0. The van der Waals surface area contributed by atoms with Gasteiger partial charge in [0.15, 0.2) is 0 Å². The Morgan fingerprint density at radius 2 is 1.84 bits per heavy atom. The molecule has 1 fully saturated rings. The molecule has 0 spiro atoms. The van der Waals surface area contributed by atoms with Gasteiger partial charge in [-0.2, -0.15) is 0 Å². The van der Waals surface area contributed by atoms with Crippen LogP contribution in [0, 0.1) is 18.7 Å². The molecule has 0 unspecified atom stereocenters. The molecule has 0 saturated carbocycles. The molecule has 1 heterocycles. The van der Waals surface area contributed by atoms with E-state index < -0.39 is 0 Å². The Kier molecular flexibility index (Phi) is 5.12. The first kappa shape index (κ1) is 17.1. The van der Waals surface area contributed by atoms with Crippen LogP contribution in [0.25, 0.3) is 0 Å². The van der Waals surface area contributed by atoms with E-state index in [-0.39, 0.29) is 30.0 Å².